The summed E-state index contributed by atoms with van der Waals surface area (Å²) in [7, 11) is -8.45. The van der Waals surface area contributed by atoms with Gasteiger partial charge in [0.2, 0.25) is 9.84 Å². The number of sulfone groups is 1. The molecule has 0 aliphatic rings. The molecule has 0 radical (unpaired) electrons. The second-order valence-electron chi connectivity index (χ2n) is 10.9. The molecule has 7 heteroatoms. The van der Waals surface area contributed by atoms with Crippen LogP contribution in [0.4, 0.5) is 0 Å². The lowest BCUT2D eigenvalue weighted by atomic mass is 9.98. The average molecular weight is 513 g/mol. The number of aliphatic hydroxyl groups excluding tert-OH is 2. The summed E-state index contributed by atoms with van der Waals surface area (Å²) in [5, 5.41) is 22.8. The summed E-state index contributed by atoms with van der Waals surface area (Å²) in [6, 6.07) is 16.6. The SMILES string of the molecule is Cc1ccc(S(=O)(=O)c2c(-c3ccccc3)c([Si](C)(C)C)c(CO)c(CO)c2[Si](C)(C)C)cc1. The third kappa shape index (κ3) is 4.85. The molecule has 0 atom stereocenters. The van der Waals surface area contributed by atoms with E-state index in [1.807, 2.05) is 49.4 Å². The summed E-state index contributed by atoms with van der Waals surface area (Å²) in [6.45, 7) is 14.2. The van der Waals surface area contributed by atoms with Crippen LogP contribution < -0.4 is 10.4 Å². The molecule has 2 N–H and O–H groups in total. The van der Waals surface area contributed by atoms with Crippen LogP contribution in [0.2, 0.25) is 39.3 Å². The molecule has 4 nitrogen and oxygen atoms in total. The quantitative estimate of drug-likeness (QED) is 0.455. The fraction of sp³-hybridized carbons (Fsp3) is 0.333. The molecule has 34 heavy (non-hydrogen) atoms. The Morgan fingerprint density at radius 1 is 0.706 bits per heavy atom. The van der Waals surface area contributed by atoms with Gasteiger partial charge < -0.3 is 10.2 Å². The molecule has 0 saturated heterocycles. The monoisotopic (exact) mass is 512 g/mol. The molecule has 0 spiro atoms. The maximum absolute atomic E-state index is 14.4. The zero-order valence-corrected chi connectivity index (χ0v) is 24.0. The number of benzene rings is 3. The normalized spacial score (nSPS) is 12.7. The van der Waals surface area contributed by atoms with E-state index in [0.29, 0.717) is 26.8 Å². The van der Waals surface area contributed by atoms with E-state index >= 15 is 0 Å². The van der Waals surface area contributed by atoms with Gasteiger partial charge >= 0.3 is 0 Å². The fourth-order valence-corrected chi connectivity index (χ4v) is 11.9. The highest BCUT2D eigenvalue weighted by atomic mass is 32.2. The van der Waals surface area contributed by atoms with Crippen LogP contribution in [0.3, 0.4) is 0 Å². The Morgan fingerprint density at radius 2 is 1.18 bits per heavy atom. The Bertz CT molecular complexity index is 1290. The lowest BCUT2D eigenvalue weighted by Gasteiger charge is -2.34. The lowest BCUT2D eigenvalue weighted by Crippen LogP contribution is -2.51. The number of hydrogen-bond acceptors (Lipinski definition) is 4. The van der Waals surface area contributed by atoms with Gasteiger partial charge in [0.15, 0.2) is 0 Å². The smallest absolute Gasteiger partial charge is 0.207 e. The molecule has 0 saturated carbocycles. The van der Waals surface area contributed by atoms with Crippen LogP contribution >= 0.6 is 0 Å². The largest absolute Gasteiger partial charge is 0.392 e. The van der Waals surface area contributed by atoms with Crippen molar-refractivity contribution in [3.63, 3.8) is 0 Å². The third-order valence-corrected chi connectivity index (χ3v) is 12.3. The molecule has 0 unspecified atom stereocenters. The van der Waals surface area contributed by atoms with Crippen LogP contribution in [0.1, 0.15) is 16.7 Å². The van der Waals surface area contributed by atoms with Crippen molar-refractivity contribution in [3.8, 4) is 11.1 Å². The Morgan fingerprint density at radius 3 is 1.62 bits per heavy atom. The first-order valence-corrected chi connectivity index (χ1v) is 20.0. The van der Waals surface area contributed by atoms with Crippen molar-refractivity contribution in [3.05, 3.63) is 71.3 Å². The summed E-state index contributed by atoms with van der Waals surface area (Å²) in [6.07, 6.45) is 0. The topological polar surface area (TPSA) is 74.6 Å². The highest BCUT2D eigenvalue weighted by Gasteiger charge is 2.39. The van der Waals surface area contributed by atoms with Gasteiger partial charge in [0.05, 0.1) is 39.2 Å². The molecule has 3 rings (SSSR count). The predicted octanol–water partition coefficient (Wildman–Crippen LogP) is 4.57. The molecular formula is C27H36O4SSi2. The van der Waals surface area contributed by atoms with Crippen LogP contribution in [0.25, 0.3) is 11.1 Å². The van der Waals surface area contributed by atoms with Gasteiger partial charge in [-0.3, -0.25) is 0 Å². The van der Waals surface area contributed by atoms with E-state index < -0.39 is 26.0 Å². The van der Waals surface area contributed by atoms with Crippen LogP contribution in [-0.2, 0) is 23.1 Å². The van der Waals surface area contributed by atoms with Crippen molar-refractivity contribution in [2.45, 2.75) is 69.2 Å². The van der Waals surface area contributed by atoms with Crippen molar-refractivity contribution in [1.82, 2.24) is 0 Å². The highest BCUT2D eigenvalue weighted by molar-refractivity contribution is 7.92. The highest BCUT2D eigenvalue weighted by Crippen LogP contribution is 2.35. The number of aryl methyl sites for hydroxylation is 1. The molecule has 3 aromatic carbocycles. The van der Waals surface area contributed by atoms with E-state index in [1.165, 1.54) is 0 Å². The lowest BCUT2D eigenvalue weighted by molar-refractivity contribution is 0.261. The van der Waals surface area contributed by atoms with E-state index in [-0.39, 0.29) is 18.1 Å². The third-order valence-electron chi connectivity index (χ3n) is 6.15. The van der Waals surface area contributed by atoms with Crippen LogP contribution in [0.5, 0.6) is 0 Å². The minimum Gasteiger partial charge on any atom is -0.392 e. The molecule has 0 amide bonds. The molecule has 0 heterocycles. The second kappa shape index (κ2) is 9.55. The zero-order valence-electron chi connectivity index (χ0n) is 21.2. The van der Waals surface area contributed by atoms with Crippen LogP contribution in [-0.4, -0.2) is 34.8 Å². The van der Waals surface area contributed by atoms with Crippen molar-refractivity contribution >= 4 is 36.4 Å². The van der Waals surface area contributed by atoms with Gasteiger partial charge in [-0.2, -0.15) is 0 Å². The first-order chi connectivity index (χ1) is 15.7. The molecule has 0 bridgehead atoms. The number of hydrogen-bond donors (Lipinski definition) is 2. The maximum Gasteiger partial charge on any atom is 0.207 e. The predicted molar refractivity (Wildman–Crippen MR) is 146 cm³/mol. The van der Waals surface area contributed by atoms with Gasteiger partial charge in [0, 0.05) is 5.56 Å². The summed E-state index contributed by atoms with van der Waals surface area (Å²) in [5.41, 5.74) is 3.79. The molecular weight excluding hydrogens is 477 g/mol. The maximum atomic E-state index is 14.4. The van der Waals surface area contributed by atoms with Crippen molar-refractivity contribution in [2.75, 3.05) is 0 Å². The summed E-state index contributed by atoms with van der Waals surface area (Å²) < 4.78 is 28.9. The Kier molecular flexibility index (Phi) is 7.46. The molecule has 3 aromatic rings. The van der Waals surface area contributed by atoms with E-state index in [9.17, 15) is 18.6 Å². The molecule has 0 aliphatic carbocycles. The number of aliphatic hydroxyl groups is 2. The van der Waals surface area contributed by atoms with Crippen molar-refractivity contribution in [2.24, 2.45) is 0 Å². The minimum absolute atomic E-state index is 0.238. The standard InChI is InChI=1S/C27H36O4SSi2/c1-19-13-15-21(16-14-19)32(30,31)25-24(20-11-9-8-10-12-20)26(33(2,3)4)22(17-28)23(18-29)27(25)34(5,6)7/h8-16,28-29H,17-18H2,1-7H3. The average Bonchev–Trinajstić information content (AvgIpc) is 2.76. The molecule has 0 fully saturated rings. The Hall–Kier alpha value is -2.04. The van der Waals surface area contributed by atoms with E-state index in [4.69, 9.17) is 0 Å². The van der Waals surface area contributed by atoms with Gasteiger partial charge in [-0.25, -0.2) is 8.42 Å². The van der Waals surface area contributed by atoms with Crippen molar-refractivity contribution in [1.29, 1.82) is 0 Å². The summed E-state index contributed by atoms with van der Waals surface area (Å²) in [4.78, 5) is 0.553. The Balaban J connectivity index is 2.72. The summed E-state index contributed by atoms with van der Waals surface area (Å²) >= 11 is 0. The minimum atomic E-state index is -3.92. The first-order valence-electron chi connectivity index (χ1n) is 11.6. The van der Waals surface area contributed by atoms with Crippen LogP contribution in [0.15, 0.2) is 64.4 Å². The van der Waals surface area contributed by atoms with E-state index in [2.05, 4.69) is 39.3 Å². The van der Waals surface area contributed by atoms with Gasteiger partial charge in [0.25, 0.3) is 0 Å². The first kappa shape index (κ1) is 26.6. The molecule has 0 aromatic heterocycles. The van der Waals surface area contributed by atoms with E-state index in [1.54, 1.807) is 12.1 Å². The van der Waals surface area contributed by atoms with Crippen LogP contribution in [0, 0.1) is 6.92 Å². The molecule has 182 valence electrons. The Labute approximate surface area is 206 Å². The zero-order chi connectivity index (χ0) is 25.5. The summed E-state index contributed by atoms with van der Waals surface area (Å²) in [5.74, 6) is 0. The number of rotatable bonds is 7. The van der Waals surface area contributed by atoms with Gasteiger partial charge in [-0.05, 0) is 46.1 Å². The van der Waals surface area contributed by atoms with Crippen molar-refractivity contribution < 1.29 is 18.6 Å². The van der Waals surface area contributed by atoms with Gasteiger partial charge in [-0.15, -0.1) is 0 Å². The second-order valence-corrected chi connectivity index (χ2v) is 22.8. The van der Waals surface area contributed by atoms with Gasteiger partial charge in [-0.1, -0.05) is 87.3 Å². The molecule has 0 aliphatic heterocycles. The van der Waals surface area contributed by atoms with Gasteiger partial charge in [0.1, 0.15) is 0 Å². The fourth-order valence-electron chi connectivity index (χ4n) is 4.78. The van der Waals surface area contributed by atoms with E-state index in [0.717, 1.165) is 16.3 Å².